The third kappa shape index (κ3) is 4.35. The summed E-state index contributed by atoms with van der Waals surface area (Å²) in [6, 6.07) is 0. The Morgan fingerprint density at radius 2 is 1.88 bits per heavy atom. The number of aliphatic hydroxyl groups excluding tert-OH is 1. The van der Waals surface area contributed by atoms with Gasteiger partial charge in [-0.2, -0.15) is 0 Å². The molecule has 0 saturated heterocycles. The lowest BCUT2D eigenvalue weighted by atomic mass is 9.58. The average Bonchev–Trinajstić information content (AvgIpc) is 2.46. The largest absolute Gasteiger partial charge is 0.505 e. The van der Waals surface area contributed by atoms with Crippen LogP contribution in [0.5, 0.6) is 0 Å². The Morgan fingerprint density at radius 1 is 1.36 bits per heavy atom. The average molecular weight is 366 g/mol. The highest BCUT2D eigenvalue weighted by Crippen LogP contribution is 2.55. The van der Waals surface area contributed by atoms with Gasteiger partial charge in [0.25, 0.3) is 0 Å². The summed E-state index contributed by atoms with van der Waals surface area (Å²) in [6.07, 6.45) is 2.35. The van der Waals surface area contributed by atoms with Crippen LogP contribution < -0.4 is 0 Å². The lowest BCUT2D eigenvalue weighted by Crippen LogP contribution is -2.52. The first-order valence-corrected chi connectivity index (χ1v) is 12.1. The molecule has 1 rings (SSSR count). The van der Waals surface area contributed by atoms with Crippen molar-refractivity contribution in [3.05, 3.63) is 28.6 Å². The minimum atomic E-state index is -1.96. The number of nitrogens with zero attached hydrogens (tertiary/aromatic N) is 2. The van der Waals surface area contributed by atoms with Gasteiger partial charge in [-0.3, -0.25) is 0 Å². The molecular weight excluding hydrogens is 328 g/mol. The second kappa shape index (κ2) is 6.89. The van der Waals surface area contributed by atoms with E-state index in [1.807, 2.05) is 0 Å². The van der Waals surface area contributed by atoms with E-state index in [-0.39, 0.29) is 28.0 Å². The highest BCUT2D eigenvalue weighted by Gasteiger charge is 2.51. The van der Waals surface area contributed by atoms with Crippen LogP contribution in [0.1, 0.15) is 67.7 Å². The van der Waals surface area contributed by atoms with E-state index in [1.165, 1.54) is 0 Å². The highest BCUT2D eigenvalue weighted by molar-refractivity contribution is 6.74. The fraction of sp³-hybridized carbons (Fsp3) is 0.800. The fourth-order valence-corrected chi connectivity index (χ4v) is 4.85. The molecule has 142 valence electrons. The maximum atomic E-state index is 10.4. The van der Waals surface area contributed by atoms with Crippen molar-refractivity contribution in [2.45, 2.75) is 92.0 Å². The monoisotopic (exact) mass is 365 g/mol. The molecule has 1 fully saturated rings. The van der Waals surface area contributed by atoms with Crippen molar-refractivity contribution in [3.8, 4) is 0 Å². The lowest BCUT2D eigenvalue weighted by molar-refractivity contribution is 0.0112. The number of diazo groups is 1. The Morgan fingerprint density at radius 3 is 2.32 bits per heavy atom. The first-order chi connectivity index (χ1) is 11.1. The summed E-state index contributed by atoms with van der Waals surface area (Å²) < 4.78 is 6.79. The van der Waals surface area contributed by atoms with E-state index in [9.17, 15) is 5.11 Å². The summed E-state index contributed by atoms with van der Waals surface area (Å²) in [5.41, 5.74) is 0.954. The minimum absolute atomic E-state index is 0.00237. The van der Waals surface area contributed by atoms with Crippen molar-refractivity contribution in [1.29, 1.82) is 5.39 Å². The van der Waals surface area contributed by atoms with Gasteiger partial charge >= 0.3 is 5.70 Å². The van der Waals surface area contributed by atoms with E-state index in [0.717, 1.165) is 18.4 Å². The zero-order valence-electron chi connectivity index (χ0n) is 17.7. The van der Waals surface area contributed by atoms with E-state index in [0.29, 0.717) is 6.42 Å². The molecule has 0 amide bonds. The summed E-state index contributed by atoms with van der Waals surface area (Å²) in [7, 11) is -1.96. The van der Waals surface area contributed by atoms with Crippen LogP contribution in [-0.2, 0) is 4.43 Å². The van der Waals surface area contributed by atoms with Gasteiger partial charge in [0.05, 0.1) is 6.10 Å². The van der Waals surface area contributed by atoms with Crippen molar-refractivity contribution >= 4 is 8.32 Å². The summed E-state index contributed by atoms with van der Waals surface area (Å²) >= 11 is 0. The molecule has 5 heteroatoms. The Balaban J connectivity index is 3.31. The van der Waals surface area contributed by atoms with Crippen LogP contribution in [0.4, 0.5) is 0 Å². The minimum Gasteiger partial charge on any atom is -0.505 e. The molecule has 0 aliphatic heterocycles. The van der Waals surface area contributed by atoms with E-state index < -0.39 is 13.7 Å². The summed E-state index contributed by atoms with van der Waals surface area (Å²) in [6.45, 7) is 23.8. The van der Waals surface area contributed by atoms with Crippen LogP contribution in [0, 0.1) is 16.2 Å². The molecule has 1 aliphatic carbocycles. The second-order valence-corrected chi connectivity index (χ2v) is 14.8. The third-order valence-corrected chi connectivity index (χ3v) is 11.1. The predicted molar refractivity (Wildman–Crippen MR) is 107 cm³/mol. The first kappa shape index (κ1) is 21.9. The fourth-order valence-electron chi connectivity index (χ4n) is 3.40. The Hall–Kier alpha value is -1.12. The summed E-state index contributed by atoms with van der Waals surface area (Å²) in [4.78, 5) is 3.15. The number of aliphatic hydroxyl groups is 1. The van der Waals surface area contributed by atoms with Gasteiger partial charge in [-0.15, -0.1) is 0 Å². The quantitative estimate of drug-likeness (QED) is 0.258. The molecule has 0 aromatic rings. The topological polar surface area (TPSA) is 57.6 Å². The first-order valence-electron chi connectivity index (χ1n) is 9.20. The van der Waals surface area contributed by atoms with E-state index in [1.54, 1.807) is 6.92 Å². The van der Waals surface area contributed by atoms with E-state index in [4.69, 9.17) is 9.82 Å². The van der Waals surface area contributed by atoms with E-state index in [2.05, 4.69) is 66.2 Å². The normalized spacial score (nSPS) is 28.3. The molecule has 4 nitrogen and oxygen atoms in total. The summed E-state index contributed by atoms with van der Waals surface area (Å²) in [5.74, 6) is 0.104. The molecule has 0 aromatic carbocycles. The van der Waals surface area contributed by atoms with Gasteiger partial charge in [0.1, 0.15) is 0 Å². The van der Waals surface area contributed by atoms with Crippen molar-refractivity contribution in [1.82, 2.24) is 0 Å². The number of hydrogen-bond donors (Lipinski definition) is 1. The Kier molecular flexibility index (Phi) is 6.04. The predicted octanol–water partition coefficient (Wildman–Crippen LogP) is 6.79. The molecule has 1 N–H and O–H groups in total. The Bertz CT molecular complexity index is 608. The smallest absolute Gasteiger partial charge is 0.395 e. The van der Waals surface area contributed by atoms with Gasteiger partial charge in [-0.05, 0) is 36.4 Å². The summed E-state index contributed by atoms with van der Waals surface area (Å²) in [5, 5.41) is 19.6. The molecule has 1 saturated carbocycles. The Labute approximate surface area is 155 Å². The third-order valence-electron chi connectivity index (χ3n) is 6.59. The number of allylic oxidation sites excluding steroid dienone is 2. The molecule has 2 atom stereocenters. The van der Waals surface area contributed by atoms with Crippen molar-refractivity contribution < 1.29 is 9.53 Å². The molecule has 0 aromatic heterocycles. The van der Waals surface area contributed by atoms with Gasteiger partial charge in [0.15, 0.2) is 19.1 Å². The van der Waals surface area contributed by atoms with Crippen molar-refractivity contribution in [2.75, 3.05) is 0 Å². The molecular formula is C20H37N2O2Si+. The van der Waals surface area contributed by atoms with Gasteiger partial charge in [-0.25, -0.2) is 0 Å². The molecule has 0 radical (unpaired) electrons. The molecule has 0 spiro atoms. The van der Waals surface area contributed by atoms with Crippen LogP contribution >= 0.6 is 0 Å². The van der Waals surface area contributed by atoms with Crippen molar-refractivity contribution in [2.24, 2.45) is 10.8 Å². The SMILES string of the molecule is C=C1C(C)(C)CC[C@@H](O[Si](C)(C)C(C)(C)C)[C@]1(C)C/C(O)=C(/C)[N+]#N. The van der Waals surface area contributed by atoms with Gasteiger partial charge in [-0.1, -0.05) is 53.7 Å². The van der Waals surface area contributed by atoms with Crippen LogP contribution in [-0.4, -0.2) is 19.5 Å². The number of hydrogen-bond acceptors (Lipinski definition) is 3. The van der Waals surface area contributed by atoms with Gasteiger partial charge in [0, 0.05) is 18.8 Å². The maximum Gasteiger partial charge on any atom is 0.395 e. The van der Waals surface area contributed by atoms with Crippen LogP contribution in [0.2, 0.25) is 18.1 Å². The molecule has 0 bridgehead atoms. The molecule has 25 heavy (non-hydrogen) atoms. The number of rotatable bonds is 4. The van der Waals surface area contributed by atoms with Crippen LogP contribution in [0.15, 0.2) is 23.6 Å². The second-order valence-electron chi connectivity index (χ2n) is 9.99. The van der Waals surface area contributed by atoms with E-state index >= 15 is 0 Å². The molecule has 1 aliphatic rings. The molecule has 0 heterocycles. The van der Waals surface area contributed by atoms with Gasteiger partial charge in [0.2, 0.25) is 5.39 Å². The zero-order valence-corrected chi connectivity index (χ0v) is 18.7. The van der Waals surface area contributed by atoms with Crippen LogP contribution in [0.3, 0.4) is 0 Å². The maximum absolute atomic E-state index is 10.4. The lowest BCUT2D eigenvalue weighted by Gasteiger charge is -2.53. The standard InChI is InChI=1S/C20H36N2O2Si/c1-14(22-21)16(23)13-20(8)15(2)19(6,7)12-11-17(20)24-25(9,10)18(3,4)5/h17H,2,11-13H2,1,3-10H3/p+1/b16-14+/t17-,20-/m1/s1. The zero-order chi connectivity index (χ0) is 19.8. The van der Waals surface area contributed by atoms with Crippen molar-refractivity contribution in [3.63, 3.8) is 0 Å². The van der Waals surface area contributed by atoms with Crippen LogP contribution in [0.25, 0.3) is 4.98 Å². The molecule has 0 unspecified atom stereocenters. The van der Waals surface area contributed by atoms with Gasteiger partial charge < -0.3 is 9.53 Å². The highest BCUT2D eigenvalue weighted by atomic mass is 28.4.